The van der Waals surface area contributed by atoms with Gasteiger partial charge in [-0.1, -0.05) is 89.7 Å². The number of hydrogen-bond donors (Lipinski definition) is 1. The Bertz CT molecular complexity index is 1260. The summed E-state index contributed by atoms with van der Waals surface area (Å²) in [7, 11) is 0. The quantitative estimate of drug-likeness (QED) is 0.519. The number of fused-ring (bicyclic) bond motifs is 1. The molecule has 5 nitrogen and oxygen atoms in total. The zero-order valence-corrected chi connectivity index (χ0v) is 15.9. The minimum absolute atomic E-state index is 0.0380. The molecule has 0 aliphatic rings. The van der Waals surface area contributed by atoms with E-state index in [0.29, 0.717) is 11.3 Å². The van der Waals surface area contributed by atoms with Crippen LogP contribution in [0.15, 0.2) is 65.5 Å². The molecule has 0 spiro atoms. The topological polar surface area (TPSA) is 71.7 Å². The monoisotopic (exact) mass is 408 g/mol. The third-order valence-corrected chi connectivity index (χ3v) is 5.51. The van der Waals surface area contributed by atoms with Crippen LogP contribution in [0.25, 0.3) is 28.4 Å². The summed E-state index contributed by atoms with van der Waals surface area (Å²) >= 11 is 7.24. The van der Waals surface area contributed by atoms with Gasteiger partial charge in [0.05, 0.1) is 11.4 Å². The van der Waals surface area contributed by atoms with E-state index < -0.39 is 11.5 Å². The van der Waals surface area contributed by atoms with Gasteiger partial charge in [0.2, 0.25) is 0 Å². The highest BCUT2D eigenvalue weighted by atomic mass is 35.5. The number of rotatable bonds is 4. The molecule has 0 unspecified atom stereocenters. The number of hydrogen-bond acceptors (Lipinski definition) is 4. The van der Waals surface area contributed by atoms with E-state index in [2.05, 4.69) is 4.98 Å². The van der Waals surface area contributed by atoms with E-state index in [4.69, 9.17) is 11.6 Å². The van der Waals surface area contributed by atoms with Gasteiger partial charge in [0, 0.05) is 5.56 Å². The second kappa shape index (κ2) is 7.42. The minimum Gasteiger partial charge on any atom is -0.477 e. The first-order valence-electron chi connectivity index (χ1n) is 8.33. The Morgan fingerprint density at radius 1 is 1.04 bits per heavy atom. The van der Waals surface area contributed by atoms with Gasteiger partial charge in [-0.05, 0) is 11.6 Å². The molecule has 0 bridgehead atoms. The predicted octanol–water partition coefficient (Wildman–Crippen LogP) is 4.95. The van der Waals surface area contributed by atoms with Crippen LogP contribution < -0.4 is 5.56 Å². The van der Waals surface area contributed by atoms with E-state index in [1.54, 1.807) is 36.4 Å². The van der Waals surface area contributed by atoms with Crippen molar-refractivity contribution in [3.05, 3.63) is 92.2 Å². The van der Waals surface area contributed by atoms with Gasteiger partial charge in [0.1, 0.15) is 9.90 Å². The maximum Gasteiger partial charge on any atom is 0.348 e. The molecule has 138 valence electrons. The van der Waals surface area contributed by atoms with E-state index in [0.717, 1.165) is 16.9 Å². The van der Waals surface area contributed by atoms with Crippen molar-refractivity contribution in [2.75, 3.05) is 0 Å². The van der Waals surface area contributed by atoms with E-state index >= 15 is 0 Å². The molecule has 7 heteroatoms. The van der Waals surface area contributed by atoms with Crippen molar-refractivity contribution in [3.63, 3.8) is 0 Å². The zero-order valence-electron chi connectivity index (χ0n) is 14.4. The van der Waals surface area contributed by atoms with E-state index in [9.17, 15) is 14.7 Å². The highest BCUT2D eigenvalue weighted by molar-refractivity contribution is 7.19. The molecular weight excluding hydrogens is 396 g/mol. The molecule has 0 fully saturated rings. The molecule has 1 N–H and O–H groups in total. The second-order valence-electron chi connectivity index (χ2n) is 5.93. The van der Waals surface area contributed by atoms with Gasteiger partial charge in [-0.3, -0.25) is 4.79 Å². The van der Waals surface area contributed by atoms with Crippen LogP contribution in [0.5, 0.6) is 0 Å². The molecule has 2 aromatic heterocycles. The first kappa shape index (κ1) is 18.2. The molecule has 0 saturated heterocycles. The van der Waals surface area contributed by atoms with E-state index in [1.807, 2.05) is 36.4 Å². The first-order valence-corrected chi connectivity index (χ1v) is 9.52. The molecule has 0 aliphatic carbocycles. The summed E-state index contributed by atoms with van der Waals surface area (Å²) in [6, 6.07) is 18.4. The fraction of sp³-hybridized carbons (Fsp3) is 0. The Hall–Kier alpha value is -3.22. The SMILES string of the molecule is O=C(O)c1sc2nc(C=Cc3ccccc3)c(Cl)c(=O)n2c1-c1ccccc1. The maximum absolute atomic E-state index is 13.0. The summed E-state index contributed by atoms with van der Waals surface area (Å²) in [5, 5.41) is 9.57. The molecule has 0 radical (unpaired) electrons. The summed E-state index contributed by atoms with van der Waals surface area (Å²) in [5.74, 6) is -1.12. The van der Waals surface area contributed by atoms with Crippen LogP contribution >= 0.6 is 22.9 Å². The third-order valence-electron chi connectivity index (χ3n) is 4.13. The van der Waals surface area contributed by atoms with Crippen LogP contribution in [0, 0.1) is 0 Å². The van der Waals surface area contributed by atoms with Crippen LogP contribution in [0.2, 0.25) is 5.02 Å². The number of thiazole rings is 1. The van der Waals surface area contributed by atoms with Crippen LogP contribution in [0.4, 0.5) is 0 Å². The third kappa shape index (κ3) is 3.24. The molecule has 4 rings (SSSR count). The molecule has 0 amide bonds. The lowest BCUT2D eigenvalue weighted by Gasteiger charge is -2.05. The normalized spacial score (nSPS) is 11.3. The van der Waals surface area contributed by atoms with Gasteiger partial charge >= 0.3 is 5.97 Å². The number of carbonyl (C=O) groups is 1. The molecule has 0 atom stereocenters. The largest absolute Gasteiger partial charge is 0.477 e. The number of aromatic nitrogens is 2. The van der Waals surface area contributed by atoms with Gasteiger partial charge in [0.15, 0.2) is 4.96 Å². The van der Waals surface area contributed by atoms with Crippen LogP contribution in [-0.2, 0) is 0 Å². The Morgan fingerprint density at radius 3 is 2.32 bits per heavy atom. The standard InChI is InChI=1S/C21H13ClN2O3S/c22-16-15(12-11-13-7-3-1-4-8-13)23-21-24(19(16)25)17(18(28-21)20(26)27)14-9-5-2-6-10-14/h1-12H,(H,26,27). The van der Waals surface area contributed by atoms with Crippen molar-refractivity contribution in [3.8, 4) is 11.3 Å². The molecule has 2 aromatic carbocycles. The summed E-state index contributed by atoms with van der Waals surface area (Å²) in [5.41, 5.74) is 1.63. The molecule has 4 aromatic rings. The Balaban J connectivity index is 1.94. The number of halogens is 1. The van der Waals surface area contributed by atoms with Gasteiger partial charge in [-0.15, -0.1) is 0 Å². The molecular formula is C21H13ClN2O3S. The smallest absolute Gasteiger partial charge is 0.348 e. The second-order valence-corrected chi connectivity index (χ2v) is 7.28. The lowest BCUT2D eigenvalue weighted by molar-refractivity contribution is 0.0702. The number of nitrogens with zero attached hydrogens (tertiary/aromatic N) is 2. The lowest BCUT2D eigenvalue weighted by atomic mass is 10.1. The Kier molecular flexibility index (Phi) is 4.81. The van der Waals surface area contributed by atoms with Crippen molar-refractivity contribution in [2.45, 2.75) is 0 Å². The first-order chi connectivity index (χ1) is 13.6. The highest BCUT2D eigenvalue weighted by Gasteiger charge is 2.23. The Morgan fingerprint density at radius 2 is 1.68 bits per heavy atom. The van der Waals surface area contributed by atoms with Gasteiger partial charge in [-0.25, -0.2) is 14.2 Å². The van der Waals surface area contributed by atoms with Crippen molar-refractivity contribution in [2.24, 2.45) is 0 Å². The Labute approximate surface area is 168 Å². The molecule has 0 aliphatic heterocycles. The lowest BCUT2D eigenvalue weighted by Crippen LogP contribution is -2.17. The van der Waals surface area contributed by atoms with E-state index in [-0.39, 0.29) is 20.6 Å². The average molecular weight is 409 g/mol. The van der Waals surface area contributed by atoms with Crippen molar-refractivity contribution < 1.29 is 9.90 Å². The summed E-state index contributed by atoms with van der Waals surface area (Å²) in [6.07, 6.45) is 3.45. The van der Waals surface area contributed by atoms with Crippen LogP contribution in [0.3, 0.4) is 0 Å². The van der Waals surface area contributed by atoms with E-state index in [1.165, 1.54) is 4.40 Å². The average Bonchev–Trinajstić information content (AvgIpc) is 3.11. The maximum atomic E-state index is 13.0. The zero-order chi connectivity index (χ0) is 19.7. The number of aromatic carboxylic acids is 1. The number of carboxylic acid groups (broad SMARTS) is 1. The predicted molar refractivity (Wildman–Crippen MR) is 112 cm³/mol. The molecule has 28 heavy (non-hydrogen) atoms. The number of benzene rings is 2. The fourth-order valence-electron chi connectivity index (χ4n) is 2.85. The fourth-order valence-corrected chi connectivity index (χ4v) is 4.03. The van der Waals surface area contributed by atoms with Crippen molar-refractivity contribution >= 4 is 46.0 Å². The summed E-state index contributed by atoms with van der Waals surface area (Å²) in [4.78, 5) is 29.5. The van der Waals surface area contributed by atoms with Crippen LogP contribution in [0.1, 0.15) is 20.9 Å². The molecule has 2 heterocycles. The number of carboxylic acids is 1. The van der Waals surface area contributed by atoms with Crippen molar-refractivity contribution in [1.29, 1.82) is 0 Å². The summed E-state index contributed by atoms with van der Waals surface area (Å²) in [6.45, 7) is 0. The minimum atomic E-state index is -1.12. The van der Waals surface area contributed by atoms with Crippen LogP contribution in [-0.4, -0.2) is 20.5 Å². The van der Waals surface area contributed by atoms with Gasteiger partial charge in [0.25, 0.3) is 5.56 Å². The highest BCUT2D eigenvalue weighted by Crippen LogP contribution is 2.31. The summed E-state index contributed by atoms with van der Waals surface area (Å²) < 4.78 is 1.27. The molecule has 0 saturated carbocycles. The van der Waals surface area contributed by atoms with Gasteiger partial charge in [-0.2, -0.15) is 0 Å². The van der Waals surface area contributed by atoms with Crippen molar-refractivity contribution in [1.82, 2.24) is 9.38 Å². The van der Waals surface area contributed by atoms with Gasteiger partial charge < -0.3 is 5.11 Å².